The van der Waals surface area contributed by atoms with Gasteiger partial charge < -0.3 is 15.9 Å². The Bertz CT molecular complexity index is 426. The van der Waals surface area contributed by atoms with Crippen molar-refractivity contribution in [3.63, 3.8) is 0 Å². The minimum absolute atomic E-state index is 0.321. The van der Waals surface area contributed by atoms with E-state index < -0.39 is 17.6 Å². The molecule has 1 aromatic rings. The fourth-order valence-electron chi connectivity index (χ4n) is 1.91. The Morgan fingerprint density at radius 2 is 2.06 bits per heavy atom. The van der Waals surface area contributed by atoms with E-state index in [0.717, 1.165) is 24.0 Å². The Balaban J connectivity index is 2.03. The number of hydrogen-bond acceptors (Lipinski definition) is 3. The summed E-state index contributed by atoms with van der Waals surface area (Å²) in [5.74, 6) is -0.990. The number of aliphatic hydroxyl groups is 1. The van der Waals surface area contributed by atoms with E-state index in [0.29, 0.717) is 12.8 Å². The van der Waals surface area contributed by atoms with Gasteiger partial charge >= 0.3 is 5.97 Å². The van der Waals surface area contributed by atoms with Gasteiger partial charge in [-0.05, 0) is 30.4 Å². The van der Waals surface area contributed by atoms with Crippen LogP contribution in [-0.2, 0) is 17.6 Å². The molecule has 1 aromatic carbocycles. The Morgan fingerprint density at radius 1 is 1.41 bits per heavy atom. The molecule has 1 atom stereocenters. The Kier molecular flexibility index (Phi) is 3.17. The van der Waals surface area contributed by atoms with Gasteiger partial charge in [0.1, 0.15) is 6.04 Å². The fraction of sp³-hybridized carbons (Fsp3) is 0.462. The lowest BCUT2D eigenvalue weighted by Gasteiger charge is -2.10. The summed E-state index contributed by atoms with van der Waals surface area (Å²) in [6.45, 7) is 0. The highest BCUT2D eigenvalue weighted by atomic mass is 16.4. The lowest BCUT2D eigenvalue weighted by molar-refractivity contribution is -0.138. The van der Waals surface area contributed by atoms with Gasteiger partial charge in [-0.3, -0.25) is 4.79 Å². The number of aliphatic carboxylic acids is 1. The number of benzene rings is 1. The Labute approximate surface area is 100 Å². The molecule has 1 unspecified atom stereocenters. The van der Waals surface area contributed by atoms with E-state index in [1.54, 1.807) is 0 Å². The van der Waals surface area contributed by atoms with Crippen LogP contribution in [0.25, 0.3) is 0 Å². The second kappa shape index (κ2) is 4.47. The molecule has 92 valence electrons. The van der Waals surface area contributed by atoms with Gasteiger partial charge in [-0.2, -0.15) is 0 Å². The average Bonchev–Trinajstić information content (AvgIpc) is 2.96. The normalized spacial score (nSPS) is 18.7. The van der Waals surface area contributed by atoms with E-state index in [1.807, 2.05) is 24.3 Å². The summed E-state index contributed by atoms with van der Waals surface area (Å²) in [5, 5.41) is 18.6. The molecule has 2 rings (SSSR count). The first-order valence-corrected chi connectivity index (χ1v) is 5.77. The smallest absolute Gasteiger partial charge is 0.320 e. The van der Waals surface area contributed by atoms with Crippen LogP contribution >= 0.6 is 0 Å². The zero-order chi connectivity index (χ0) is 12.5. The third kappa shape index (κ3) is 3.28. The van der Waals surface area contributed by atoms with Crippen molar-refractivity contribution in [2.24, 2.45) is 5.73 Å². The summed E-state index contributed by atoms with van der Waals surface area (Å²) < 4.78 is 0. The van der Waals surface area contributed by atoms with Crippen LogP contribution in [0.4, 0.5) is 0 Å². The molecule has 1 fully saturated rings. The van der Waals surface area contributed by atoms with Gasteiger partial charge in [0.05, 0.1) is 5.60 Å². The third-order valence-electron chi connectivity index (χ3n) is 3.12. The van der Waals surface area contributed by atoms with E-state index in [-0.39, 0.29) is 0 Å². The topological polar surface area (TPSA) is 83.5 Å². The van der Waals surface area contributed by atoms with Crippen LogP contribution in [0, 0.1) is 0 Å². The third-order valence-corrected chi connectivity index (χ3v) is 3.12. The van der Waals surface area contributed by atoms with Gasteiger partial charge in [0.15, 0.2) is 0 Å². The van der Waals surface area contributed by atoms with Crippen molar-refractivity contribution in [2.45, 2.75) is 37.3 Å². The molecule has 0 aromatic heterocycles. The van der Waals surface area contributed by atoms with Crippen LogP contribution in [0.15, 0.2) is 24.3 Å². The van der Waals surface area contributed by atoms with Gasteiger partial charge in [-0.25, -0.2) is 0 Å². The van der Waals surface area contributed by atoms with E-state index in [1.165, 1.54) is 0 Å². The van der Waals surface area contributed by atoms with Gasteiger partial charge in [-0.15, -0.1) is 0 Å². The first-order chi connectivity index (χ1) is 7.98. The highest BCUT2D eigenvalue weighted by Gasteiger charge is 2.40. The van der Waals surface area contributed by atoms with E-state index in [2.05, 4.69) is 0 Å². The van der Waals surface area contributed by atoms with Crippen molar-refractivity contribution in [1.29, 1.82) is 0 Å². The zero-order valence-corrected chi connectivity index (χ0v) is 9.60. The van der Waals surface area contributed by atoms with Crippen molar-refractivity contribution in [2.75, 3.05) is 0 Å². The van der Waals surface area contributed by atoms with Crippen LogP contribution in [0.5, 0.6) is 0 Å². The summed E-state index contributed by atoms with van der Waals surface area (Å²) in [5.41, 5.74) is 6.92. The molecule has 0 aliphatic heterocycles. The van der Waals surface area contributed by atoms with Crippen molar-refractivity contribution >= 4 is 5.97 Å². The van der Waals surface area contributed by atoms with Gasteiger partial charge in [-0.1, -0.05) is 24.3 Å². The van der Waals surface area contributed by atoms with Crippen molar-refractivity contribution < 1.29 is 15.0 Å². The van der Waals surface area contributed by atoms with Crippen LogP contribution in [-0.4, -0.2) is 27.8 Å². The molecular formula is C13H17NO3. The molecule has 17 heavy (non-hydrogen) atoms. The maximum absolute atomic E-state index is 10.7. The predicted octanol–water partition coefficient (Wildman–Crippen LogP) is 0.708. The quantitative estimate of drug-likeness (QED) is 0.701. The standard InChI is InChI=1S/C13H17NO3/c14-11(12(15)16)7-9-2-1-3-10(6-9)8-13(17)4-5-13/h1-3,6,11,17H,4-5,7-8,14H2,(H,15,16). The molecule has 1 aliphatic carbocycles. The van der Waals surface area contributed by atoms with Crippen LogP contribution in [0.1, 0.15) is 24.0 Å². The zero-order valence-electron chi connectivity index (χ0n) is 9.60. The highest BCUT2D eigenvalue weighted by Crippen LogP contribution is 2.38. The molecule has 0 heterocycles. The molecule has 1 saturated carbocycles. The van der Waals surface area contributed by atoms with Crippen molar-refractivity contribution in [1.82, 2.24) is 0 Å². The molecule has 4 nitrogen and oxygen atoms in total. The molecule has 0 amide bonds. The molecule has 4 N–H and O–H groups in total. The molecule has 0 saturated heterocycles. The highest BCUT2D eigenvalue weighted by molar-refractivity contribution is 5.73. The largest absolute Gasteiger partial charge is 0.480 e. The molecule has 0 bridgehead atoms. The van der Waals surface area contributed by atoms with Crippen molar-refractivity contribution in [3.05, 3.63) is 35.4 Å². The first-order valence-electron chi connectivity index (χ1n) is 5.77. The van der Waals surface area contributed by atoms with Crippen molar-refractivity contribution in [3.8, 4) is 0 Å². The molecule has 0 spiro atoms. The number of nitrogens with two attached hydrogens (primary N) is 1. The number of rotatable bonds is 5. The fourth-order valence-corrected chi connectivity index (χ4v) is 1.91. The lowest BCUT2D eigenvalue weighted by atomic mass is 10.0. The summed E-state index contributed by atoms with van der Waals surface area (Å²) in [4.78, 5) is 10.7. The Hall–Kier alpha value is -1.39. The van der Waals surface area contributed by atoms with E-state index >= 15 is 0 Å². The maximum atomic E-state index is 10.7. The summed E-state index contributed by atoms with van der Waals surface area (Å²) in [6.07, 6.45) is 2.67. The van der Waals surface area contributed by atoms with E-state index in [4.69, 9.17) is 10.8 Å². The van der Waals surface area contributed by atoms with Gasteiger partial charge in [0.2, 0.25) is 0 Å². The maximum Gasteiger partial charge on any atom is 0.320 e. The minimum Gasteiger partial charge on any atom is -0.480 e. The molecule has 0 radical (unpaired) electrons. The van der Waals surface area contributed by atoms with Crippen LogP contribution in [0.2, 0.25) is 0 Å². The number of carboxylic acid groups (broad SMARTS) is 1. The monoisotopic (exact) mass is 235 g/mol. The molecule has 4 heteroatoms. The molecule has 1 aliphatic rings. The minimum atomic E-state index is -0.990. The second-order valence-electron chi connectivity index (χ2n) is 4.87. The molecular weight excluding hydrogens is 218 g/mol. The first kappa shape index (κ1) is 12.1. The number of carbonyl (C=O) groups is 1. The van der Waals surface area contributed by atoms with Crippen LogP contribution < -0.4 is 5.73 Å². The Morgan fingerprint density at radius 3 is 2.65 bits per heavy atom. The van der Waals surface area contributed by atoms with Gasteiger partial charge in [0.25, 0.3) is 0 Å². The lowest BCUT2D eigenvalue weighted by Crippen LogP contribution is -2.32. The van der Waals surface area contributed by atoms with Gasteiger partial charge in [0, 0.05) is 6.42 Å². The summed E-state index contributed by atoms with van der Waals surface area (Å²) in [7, 11) is 0. The SMILES string of the molecule is NC(Cc1cccc(CC2(O)CC2)c1)C(=O)O. The van der Waals surface area contributed by atoms with Crippen LogP contribution in [0.3, 0.4) is 0 Å². The summed E-state index contributed by atoms with van der Waals surface area (Å²) in [6, 6.07) is 6.76. The predicted molar refractivity (Wildman–Crippen MR) is 63.6 cm³/mol. The second-order valence-corrected chi connectivity index (χ2v) is 4.87. The number of carboxylic acids is 1. The summed E-state index contributed by atoms with van der Waals surface area (Å²) >= 11 is 0. The average molecular weight is 235 g/mol. The number of hydrogen-bond donors (Lipinski definition) is 3. The van der Waals surface area contributed by atoms with E-state index in [9.17, 15) is 9.90 Å².